The lowest BCUT2D eigenvalue weighted by Crippen LogP contribution is -2.34. The van der Waals surface area contributed by atoms with E-state index in [-0.39, 0.29) is 12.7 Å². The lowest BCUT2D eigenvalue weighted by Gasteiger charge is -2.22. The third-order valence-corrected chi connectivity index (χ3v) is 5.05. The highest BCUT2D eigenvalue weighted by atomic mass is 16.7. The molecule has 2 heterocycles. The van der Waals surface area contributed by atoms with Crippen LogP contribution in [0.2, 0.25) is 0 Å². The highest BCUT2D eigenvalue weighted by molar-refractivity contribution is 5.89. The molecule has 0 aliphatic carbocycles. The summed E-state index contributed by atoms with van der Waals surface area (Å²) in [6, 6.07) is 13.9. The molecular weight excluding hydrogens is 356 g/mol. The first-order valence-corrected chi connectivity index (χ1v) is 9.34. The number of ether oxygens (including phenoxy) is 3. The Bertz CT molecular complexity index is 995. The third kappa shape index (κ3) is 3.68. The van der Waals surface area contributed by atoms with E-state index in [0.29, 0.717) is 26.1 Å². The van der Waals surface area contributed by atoms with Crippen LogP contribution >= 0.6 is 0 Å². The number of methoxy groups -OCH3 is 1. The Morgan fingerprint density at radius 1 is 1.18 bits per heavy atom. The van der Waals surface area contributed by atoms with Crippen LogP contribution < -0.4 is 9.47 Å². The van der Waals surface area contributed by atoms with Crippen molar-refractivity contribution in [3.05, 3.63) is 59.8 Å². The standard InChI is InChI=1S/C22H24N2O4/c1-23-14-17(18-5-3-4-6-19(18)23)12-22(25)24(9-10-26-2)13-16-7-8-20-21(11-16)28-15-27-20/h3-8,11,14H,9-10,12-13,15H2,1-2H3. The van der Waals surface area contributed by atoms with Crippen LogP contribution in [0.1, 0.15) is 11.1 Å². The summed E-state index contributed by atoms with van der Waals surface area (Å²) in [5.41, 5.74) is 3.17. The minimum absolute atomic E-state index is 0.0751. The van der Waals surface area contributed by atoms with Crippen molar-refractivity contribution in [1.82, 2.24) is 9.47 Å². The number of aromatic nitrogens is 1. The first-order valence-electron chi connectivity index (χ1n) is 9.34. The van der Waals surface area contributed by atoms with Crippen molar-refractivity contribution in [2.24, 2.45) is 7.05 Å². The molecule has 0 saturated carbocycles. The van der Waals surface area contributed by atoms with Crippen molar-refractivity contribution in [2.45, 2.75) is 13.0 Å². The second-order valence-corrected chi connectivity index (χ2v) is 6.95. The van der Waals surface area contributed by atoms with Crippen molar-refractivity contribution >= 4 is 16.8 Å². The summed E-state index contributed by atoms with van der Waals surface area (Å²) >= 11 is 0. The van der Waals surface area contributed by atoms with Gasteiger partial charge in [0.25, 0.3) is 0 Å². The first-order chi connectivity index (χ1) is 13.7. The van der Waals surface area contributed by atoms with Gasteiger partial charge in [0, 0.05) is 44.3 Å². The molecule has 0 N–H and O–H groups in total. The zero-order valence-corrected chi connectivity index (χ0v) is 16.2. The number of carbonyl (C=O) groups excluding carboxylic acids is 1. The van der Waals surface area contributed by atoms with Gasteiger partial charge in [-0.15, -0.1) is 0 Å². The first kappa shape index (κ1) is 18.4. The largest absolute Gasteiger partial charge is 0.454 e. The maximum atomic E-state index is 13.1. The van der Waals surface area contributed by atoms with E-state index in [9.17, 15) is 4.79 Å². The van der Waals surface area contributed by atoms with E-state index < -0.39 is 0 Å². The van der Waals surface area contributed by atoms with Crippen LogP contribution in [0.3, 0.4) is 0 Å². The number of aryl methyl sites for hydroxylation is 1. The van der Waals surface area contributed by atoms with Crippen molar-refractivity contribution in [1.29, 1.82) is 0 Å². The molecule has 1 aliphatic heterocycles. The fourth-order valence-corrected chi connectivity index (χ4v) is 3.59. The monoisotopic (exact) mass is 380 g/mol. The average molecular weight is 380 g/mol. The summed E-state index contributed by atoms with van der Waals surface area (Å²) < 4.78 is 18.1. The fraction of sp³-hybridized carbons (Fsp3) is 0.318. The van der Waals surface area contributed by atoms with Crippen LogP contribution in [0.25, 0.3) is 10.9 Å². The zero-order valence-electron chi connectivity index (χ0n) is 16.2. The molecule has 0 bridgehead atoms. The Morgan fingerprint density at radius 2 is 2.00 bits per heavy atom. The van der Waals surface area contributed by atoms with Crippen LogP contribution in [0.15, 0.2) is 48.7 Å². The summed E-state index contributed by atoms with van der Waals surface area (Å²) in [6.45, 7) is 1.77. The molecule has 1 amide bonds. The number of carbonyl (C=O) groups is 1. The van der Waals surface area contributed by atoms with Crippen LogP contribution in [0.4, 0.5) is 0 Å². The molecular formula is C22H24N2O4. The van der Waals surface area contributed by atoms with Crippen LogP contribution in [-0.2, 0) is 29.5 Å². The second-order valence-electron chi connectivity index (χ2n) is 6.95. The summed E-state index contributed by atoms with van der Waals surface area (Å²) in [5.74, 6) is 1.55. The molecule has 3 aromatic rings. The van der Waals surface area contributed by atoms with Crippen molar-refractivity contribution in [2.75, 3.05) is 27.1 Å². The smallest absolute Gasteiger partial charge is 0.231 e. The van der Waals surface area contributed by atoms with Gasteiger partial charge >= 0.3 is 0 Å². The maximum Gasteiger partial charge on any atom is 0.231 e. The molecule has 1 aromatic heterocycles. The van der Waals surface area contributed by atoms with Crippen LogP contribution in [0, 0.1) is 0 Å². The number of benzene rings is 2. The molecule has 0 radical (unpaired) electrons. The number of hydrogen-bond acceptors (Lipinski definition) is 4. The third-order valence-electron chi connectivity index (χ3n) is 5.05. The molecule has 0 atom stereocenters. The van der Waals surface area contributed by atoms with E-state index in [1.807, 2.05) is 48.5 Å². The van der Waals surface area contributed by atoms with Crippen molar-refractivity contribution in [3.8, 4) is 11.5 Å². The lowest BCUT2D eigenvalue weighted by atomic mass is 10.1. The van der Waals surface area contributed by atoms with Gasteiger partial charge in [0.2, 0.25) is 12.7 Å². The number of hydrogen-bond donors (Lipinski definition) is 0. The molecule has 4 rings (SSSR count). The zero-order chi connectivity index (χ0) is 19.5. The number of amides is 1. The van der Waals surface area contributed by atoms with Gasteiger partial charge in [0.1, 0.15) is 0 Å². The van der Waals surface area contributed by atoms with Gasteiger partial charge in [-0.1, -0.05) is 24.3 Å². The molecule has 146 valence electrons. The summed E-state index contributed by atoms with van der Waals surface area (Å²) in [6.07, 6.45) is 2.40. The molecule has 0 fully saturated rings. The molecule has 0 saturated heterocycles. The predicted molar refractivity (Wildman–Crippen MR) is 106 cm³/mol. The second kappa shape index (κ2) is 7.94. The minimum Gasteiger partial charge on any atom is -0.454 e. The fourth-order valence-electron chi connectivity index (χ4n) is 3.59. The Balaban J connectivity index is 1.53. The molecule has 1 aliphatic rings. The molecule has 6 heteroatoms. The number of para-hydroxylation sites is 1. The van der Waals surface area contributed by atoms with E-state index in [2.05, 4.69) is 16.7 Å². The van der Waals surface area contributed by atoms with Crippen molar-refractivity contribution in [3.63, 3.8) is 0 Å². The number of nitrogens with zero attached hydrogens (tertiary/aromatic N) is 2. The van der Waals surface area contributed by atoms with E-state index in [1.165, 1.54) is 0 Å². The van der Waals surface area contributed by atoms with E-state index in [4.69, 9.17) is 14.2 Å². The van der Waals surface area contributed by atoms with Gasteiger partial charge in [-0.25, -0.2) is 0 Å². The molecule has 6 nitrogen and oxygen atoms in total. The molecule has 2 aromatic carbocycles. The van der Waals surface area contributed by atoms with Gasteiger partial charge < -0.3 is 23.7 Å². The minimum atomic E-state index is 0.0751. The van der Waals surface area contributed by atoms with Gasteiger partial charge in [-0.2, -0.15) is 0 Å². The topological polar surface area (TPSA) is 52.9 Å². The van der Waals surface area contributed by atoms with Gasteiger partial charge in [-0.3, -0.25) is 4.79 Å². The predicted octanol–water partition coefficient (Wildman–Crippen LogP) is 3.12. The van der Waals surface area contributed by atoms with E-state index in [1.54, 1.807) is 7.11 Å². The SMILES string of the molecule is COCCN(Cc1ccc2c(c1)OCO2)C(=O)Cc1cn(C)c2ccccc12. The summed E-state index contributed by atoms with van der Waals surface area (Å²) in [7, 11) is 3.65. The normalized spacial score (nSPS) is 12.5. The van der Waals surface area contributed by atoms with E-state index in [0.717, 1.165) is 33.5 Å². The van der Waals surface area contributed by atoms with Crippen LogP contribution in [-0.4, -0.2) is 42.4 Å². The van der Waals surface area contributed by atoms with Crippen LogP contribution in [0.5, 0.6) is 11.5 Å². The van der Waals surface area contributed by atoms with Gasteiger partial charge in [0.15, 0.2) is 11.5 Å². The van der Waals surface area contributed by atoms with Gasteiger partial charge in [0.05, 0.1) is 13.0 Å². The lowest BCUT2D eigenvalue weighted by molar-refractivity contribution is -0.131. The Hall–Kier alpha value is -2.99. The Kier molecular flexibility index (Phi) is 5.21. The number of rotatable bonds is 7. The average Bonchev–Trinajstić information content (AvgIpc) is 3.29. The quantitative estimate of drug-likeness (QED) is 0.632. The number of fused-ring (bicyclic) bond motifs is 2. The molecule has 0 spiro atoms. The van der Waals surface area contributed by atoms with Gasteiger partial charge in [-0.05, 0) is 29.3 Å². The van der Waals surface area contributed by atoms with E-state index >= 15 is 0 Å². The Labute approximate surface area is 164 Å². The highest BCUT2D eigenvalue weighted by Gasteiger charge is 2.19. The Morgan fingerprint density at radius 3 is 2.86 bits per heavy atom. The maximum absolute atomic E-state index is 13.1. The summed E-state index contributed by atoms with van der Waals surface area (Å²) in [5, 5.41) is 1.12. The molecule has 28 heavy (non-hydrogen) atoms. The highest BCUT2D eigenvalue weighted by Crippen LogP contribution is 2.33. The van der Waals surface area contributed by atoms with Crippen molar-refractivity contribution < 1.29 is 19.0 Å². The summed E-state index contributed by atoms with van der Waals surface area (Å²) in [4.78, 5) is 15.0. The molecule has 0 unspecified atom stereocenters.